The van der Waals surface area contributed by atoms with Crippen LogP contribution in [0.15, 0.2) is 40.2 Å². The number of piperidine rings is 1. The van der Waals surface area contributed by atoms with Gasteiger partial charge < -0.3 is 14.0 Å². The molecule has 2 aliphatic heterocycles. The molecule has 2 aromatic heterocycles. The minimum atomic E-state index is 0.0261. The van der Waals surface area contributed by atoms with Gasteiger partial charge in [0.2, 0.25) is 11.7 Å². The van der Waals surface area contributed by atoms with Gasteiger partial charge in [-0.05, 0) is 55.6 Å². The average Bonchev–Trinajstić information content (AvgIpc) is 3.45. The number of aromatic nitrogens is 2. The summed E-state index contributed by atoms with van der Waals surface area (Å²) in [5, 5.41) is 6.06. The Kier molecular flexibility index (Phi) is 5.03. The Hall–Kier alpha value is -2.71. The first-order valence-corrected chi connectivity index (χ1v) is 10.7. The van der Waals surface area contributed by atoms with Crippen molar-refractivity contribution in [3.05, 3.63) is 47.2 Å². The number of rotatable bonds is 5. The molecular weight excluding hydrogens is 390 g/mol. The van der Waals surface area contributed by atoms with E-state index in [2.05, 4.69) is 15.0 Å². The monoisotopic (exact) mass is 411 g/mol. The summed E-state index contributed by atoms with van der Waals surface area (Å²) < 4.78 is 16.5. The highest BCUT2D eigenvalue weighted by atomic mass is 32.1. The van der Waals surface area contributed by atoms with Crippen molar-refractivity contribution < 1.29 is 18.8 Å². The third-order valence-corrected chi connectivity index (χ3v) is 6.22. The number of ether oxygens (including phenoxy) is 2. The van der Waals surface area contributed by atoms with E-state index in [4.69, 9.17) is 14.0 Å². The quantitative estimate of drug-likeness (QED) is 0.593. The van der Waals surface area contributed by atoms with Gasteiger partial charge in [-0.25, -0.2) is 0 Å². The molecule has 1 fully saturated rings. The van der Waals surface area contributed by atoms with Gasteiger partial charge >= 0.3 is 0 Å². The summed E-state index contributed by atoms with van der Waals surface area (Å²) in [6.45, 7) is 3.35. The van der Waals surface area contributed by atoms with Crippen LogP contribution in [0.2, 0.25) is 0 Å². The highest BCUT2D eigenvalue weighted by molar-refractivity contribution is 7.13. The Morgan fingerprint density at radius 1 is 1.14 bits per heavy atom. The van der Waals surface area contributed by atoms with Crippen molar-refractivity contribution >= 4 is 17.1 Å². The van der Waals surface area contributed by atoms with Crippen molar-refractivity contribution in [3.63, 3.8) is 0 Å². The number of ketones is 1. The third kappa shape index (κ3) is 3.90. The molecule has 4 heterocycles. The van der Waals surface area contributed by atoms with Crippen LogP contribution in [0.1, 0.15) is 29.1 Å². The highest BCUT2D eigenvalue weighted by Crippen LogP contribution is 2.32. The molecule has 150 valence electrons. The predicted molar refractivity (Wildman–Crippen MR) is 107 cm³/mol. The van der Waals surface area contributed by atoms with Crippen molar-refractivity contribution in [1.82, 2.24) is 15.0 Å². The number of benzene rings is 1. The number of fused-ring (bicyclic) bond motifs is 1. The van der Waals surface area contributed by atoms with Crippen LogP contribution in [-0.2, 0) is 6.54 Å². The third-order valence-electron chi connectivity index (χ3n) is 5.35. The second-order valence-corrected chi connectivity index (χ2v) is 8.21. The summed E-state index contributed by atoms with van der Waals surface area (Å²) in [6, 6.07) is 9.44. The first-order valence-electron chi connectivity index (χ1n) is 9.79. The molecule has 7 nitrogen and oxygen atoms in total. The van der Waals surface area contributed by atoms with Gasteiger partial charge in [-0.3, -0.25) is 9.69 Å². The maximum atomic E-state index is 12.9. The first-order chi connectivity index (χ1) is 14.3. The van der Waals surface area contributed by atoms with Crippen LogP contribution in [-0.4, -0.2) is 47.1 Å². The molecule has 2 aliphatic rings. The van der Waals surface area contributed by atoms with Gasteiger partial charge in [0.15, 0.2) is 17.3 Å². The van der Waals surface area contributed by atoms with Crippen LogP contribution in [0, 0.1) is 5.92 Å². The Balaban J connectivity index is 1.18. The fraction of sp³-hybridized carbons (Fsp3) is 0.381. The lowest BCUT2D eigenvalue weighted by Crippen LogP contribution is -2.36. The lowest BCUT2D eigenvalue weighted by atomic mass is 9.88. The largest absolute Gasteiger partial charge is 0.486 e. The zero-order valence-corrected chi connectivity index (χ0v) is 16.7. The summed E-state index contributed by atoms with van der Waals surface area (Å²) in [4.78, 5) is 20.7. The van der Waals surface area contributed by atoms with Gasteiger partial charge in [-0.1, -0.05) is 11.2 Å². The van der Waals surface area contributed by atoms with Gasteiger partial charge in [0.1, 0.15) is 13.2 Å². The van der Waals surface area contributed by atoms with Crippen molar-refractivity contribution in [2.45, 2.75) is 19.4 Å². The zero-order chi connectivity index (χ0) is 19.6. The minimum Gasteiger partial charge on any atom is -0.486 e. The molecule has 0 bridgehead atoms. The van der Waals surface area contributed by atoms with E-state index < -0.39 is 0 Å². The summed E-state index contributed by atoms with van der Waals surface area (Å²) in [5.41, 5.74) is 0.699. The van der Waals surface area contributed by atoms with E-state index in [-0.39, 0.29) is 11.7 Å². The molecule has 0 saturated carbocycles. The smallest absolute Gasteiger partial charge is 0.241 e. The zero-order valence-electron chi connectivity index (χ0n) is 15.9. The van der Waals surface area contributed by atoms with Crippen molar-refractivity contribution in [1.29, 1.82) is 0 Å². The number of carbonyl (C=O) groups excluding carboxylic acids is 1. The molecule has 0 atom stereocenters. The fourth-order valence-electron chi connectivity index (χ4n) is 3.80. The molecule has 0 unspecified atom stereocenters. The molecule has 8 heteroatoms. The Labute approximate surface area is 172 Å². The normalized spacial score (nSPS) is 17.4. The number of likely N-dealkylation sites (tertiary alicyclic amines) is 1. The lowest BCUT2D eigenvalue weighted by molar-refractivity contribution is 0.0824. The van der Waals surface area contributed by atoms with Crippen molar-refractivity contribution in [2.75, 3.05) is 26.3 Å². The molecule has 1 aromatic carbocycles. The maximum Gasteiger partial charge on any atom is 0.241 e. The van der Waals surface area contributed by atoms with Crippen LogP contribution < -0.4 is 9.47 Å². The van der Waals surface area contributed by atoms with Crippen LogP contribution >= 0.6 is 11.3 Å². The lowest BCUT2D eigenvalue weighted by Gasteiger charge is -2.30. The standard InChI is InChI=1S/C21H21N3O4S/c25-20(15-3-4-16-17(12-15)27-10-9-26-16)14-5-7-24(8-6-14)13-19-22-21(23-28-19)18-2-1-11-29-18/h1-4,11-12,14H,5-10,13H2. The number of carbonyl (C=O) groups is 1. The van der Waals surface area contributed by atoms with E-state index in [1.165, 1.54) is 0 Å². The van der Waals surface area contributed by atoms with E-state index in [0.717, 1.165) is 30.8 Å². The van der Waals surface area contributed by atoms with Crippen molar-refractivity contribution in [2.24, 2.45) is 5.92 Å². The summed E-state index contributed by atoms with van der Waals surface area (Å²) in [7, 11) is 0. The Bertz CT molecular complexity index is 993. The molecule has 1 saturated heterocycles. The van der Waals surface area contributed by atoms with E-state index in [1.807, 2.05) is 35.7 Å². The van der Waals surface area contributed by atoms with Crippen molar-refractivity contribution in [3.8, 4) is 22.2 Å². The average molecular weight is 411 g/mol. The second-order valence-electron chi connectivity index (χ2n) is 7.26. The molecule has 0 N–H and O–H groups in total. The maximum absolute atomic E-state index is 12.9. The van der Waals surface area contributed by atoms with E-state index in [0.29, 0.717) is 48.5 Å². The van der Waals surface area contributed by atoms with E-state index >= 15 is 0 Å². The Morgan fingerprint density at radius 2 is 1.97 bits per heavy atom. The number of hydrogen-bond donors (Lipinski definition) is 0. The van der Waals surface area contributed by atoms with Crippen LogP contribution in [0.5, 0.6) is 11.5 Å². The van der Waals surface area contributed by atoms with Gasteiger partial charge in [0, 0.05) is 11.5 Å². The van der Waals surface area contributed by atoms with Crippen LogP contribution in [0.3, 0.4) is 0 Å². The highest BCUT2D eigenvalue weighted by Gasteiger charge is 2.27. The molecule has 0 aliphatic carbocycles. The SMILES string of the molecule is O=C(c1ccc2c(c1)OCCO2)C1CCN(Cc2nc(-c3cccs3)no2)CC1. The van der Waals surface area contributed by atoms with Crippen LogP contribution in [0.25, 0.3) is 10.7 Å². The predicted octanol–water partition coefficient (Wildman–Crippen LogP) is 3.66. The summed E-state index contributed by atoms with van der Waals surface area (Å²) in [6.07, 6.45) is 1.64. The topological polar surface area (TPSA) is 77.7 Å². The molecular formula is C21H21N3O4S. The summed E-state index contributed by atoms with van der Waals surface area (Å²) in [5.74, 6) is 2.84. The Morgan fingerprint density at radius 3 is 2.76 bits per heavy atom. The number of Topliss-reactive ketones (excluding diaryl/α,β-unsaturated/α-hetero) is 1. The van der Waals surface area contributed by atoms with Gasteiger partial charge in [-0.2, -0.15) is 4.98 Å². The summed E-state index contributed by atoms with van der Waals surface area (Å²) >= 11 is 1.59. The molecule has 3 aromatic rings. The molecule has 0 spiro atoms. The molecule has 0 amide bonds. The molecule has 29 heavy (non-hydrogen) atoms. The minimum absolute atomic E-state index is 0.0261. The number of nitrogens with zero attached hydrogens (tertiary/aromatic N) is 3. The van der Waals surface area contributed by atoms with Gasteiger partial charge in [0.05, 0.1) is 11.4 Å². The van der Waals surface area contributed by atoms with Crippen LogP contribution in [0.4, 0.5) is 0 Å². The number of hydrogen-bond acceptors (Lipinski definition) is 8. The van der Waals surface area contributed by atoms with E-state index in [1.54, 1.807) is 11.3 Å². The van der Waals surface area contributed by atoms with Gasteiger partial charge in [0.25, 0.3) is 0 Å². The number of thiophene rings is 1. The second kappa shape index (κ2) is 7.96. The van der Waals surface area contributed by atoms with Gasteiger partial charge in [-0.15, -0.1) is 11.3 Å². The molecule has 0 radical (unpaired) electrons. The fourth-order valence-corrected chi connectivity index (χ4v) is 4.45. The molecule has 5 rings (SSSR count). The van der Waals surface area contributed by atoms with E-state index in [9.17, 15) is 4.79 Å². The first kappa shape index (κ1) is 18.3.